The Labute approximate surface area is 192 Å². The largest absolute Gasteiger partial charge is 0.381 e. The highest BCUT2D eigenvalue weighted by molar-refractivity contribution is 5.79. The van der Waals surface area contributed by atoms with Gasteiger partial charge >= 0.3 is 0 Å². The lowest BCUT2D eigenvalue weighted by atomic mass is 9.83. The maximum atomic E-state index is 13.6. The summed E-state index contributed by atoms with van der Waals surface area (Å²) < 4.78 is 5.51. The van der Waals surface area contributed by atoms with Crippen LogP contribution < -0.4 is 0 Å². The van der Waals surface area contributed by atoms with E-state index in [4.69, 9.17) is 4.74 Å². The molecule has 2 aliphatic heterocycles. The molecule has 1 aromatic carbocycles. The fraction of sp³-hybridized carbons (Fsp3) is 0.556. The fourth-order valence-corrected chi connectivity index (χ4v) is 5.34. The molecule has 32 heavy (non-hydrogen) atoms. The number of ether oxygens (including phenoxy) is 1. The molecule has 2 aliphatic rings. The molecule has 172 valence electrons. The van der Waals surface area contributed by atoms with Gasteiger partial charge in [-0.1, -0.05) is 36.4 Å². The lowest BCUT2D eigenvalue weighted by molar-refractivity contribution is -0.142. The molecule has 5 heteroatoms. The van der Waals surface area contributed by atoms with E-state index in [2.05, 4.69) is 64.2 Å². The number of aromatic nitrogens is 1. The van der Waals surface area contributed by atoms with Crippen molar-refractivity contribution in [2.45, 2.75) is 51.6 Å². The van der Waals surface area contributed by atoms with Crippen molar-refractivity contribution < 1.29 is 9.53 Å². The molecule has 1 aromatic heterocycles. The molecule has 2 aromatic rings. The normalized spacial score (nSPS) is 19.5. The van der Waals surface area contributed by atoms with E-state index in [1.54, 1.807) is 0 Å². The van der Waals surface area contributed by atoms with Crippen LogP contribution in [-0.2, 0) is 22.5 Å². The predicted molar refractivity (Wildman–Crippen MR) is 127 cm³/mol. The van der Waals surface area contributed by atoms with Crippen molar-refractivity contribution in [3.05, 3.63) is 66.0 Å². The first-order chi connectivity index (χ1) is 15.7. The van der Waals surface area contributed by atoms with E-state index < -0.39 is 0 Å². The summed E-state index contributed by atoms with van der Waals surface area (Å²) in [5.41, 5.74) is 2.46. The lowest BCUT2D eigenvalue weighted by Gasteiger charge is -2.42. The van der Waals surface area contributed by atoms with Crippen LogP contribution in [0, 0.1) is 11.8 Å². The third kappa shape index (κ3) is 5.96. The van der Waals surface area contributed by atoms with Crippen LogP contribution in [0.15, 0.2) is 54.7 Å². The van der Waals surface area contributed by atoms with E-state index in [0.29, 0.717) is 25.0 Å². The molecule has 0 saturated carbocycles. The van der Waals surface area contributed by atoms with Gasteiger partial charge in [0, 0.05) is 44.5 Å². The van der Waals surface area contributed by atoms with Gasteiger partial charge < -0.3 is 9.64 Å². The number of hydrogen-bond donors (Lipinski definition) is 0. The van der Waals surface area contributed by atoms with Crippen LogP contribution >= 0.6 is 0 Å². The van der Waals surface area contributed by atoms with Gasteiger partial charge in [-0.25, -0.2) is 0 Å². The number of hydrogen-bond acceptors (Lipinski definition) is 4. The Kier molecular flexibility index (Phi) is 8.30. The average Bonchev–Trinajstić information content (AvgIpc) is 2.86. The molecule has 2 saturated heterocycles. The number of piperidine rings is 1. The first kappa shape index (κ1) is 22.9. The van der Waals surface area contributed by atoms with Crippen LogP contribution in [0.2, 0.25) is 0 Å². The van der Waals surface area contributed by atoms with Crippen molar-refractivity contribution >= 4 is 5.91 Å². The minimum atomic E-state index is 0.117. The molecule has 1 amide bonds. The summed E-state index contributed by atoms with van der Waals surface area (Å²) in [4.78, 5) is 22.8. The van der Waals surface area contributed by atoms with Gasteiger partial charge in [-0.3, -0.25) is 14.7 Å². The smallest absolute Gasteiger partial charge is 0.226 e. The van der Waals surface area contributed by atoms with Gasteiger partial charge in [-0.15, -0.1) is 0 Å². The van der Waals surface area contributed by atoms with Crippen molar-refractivity contribution in [1.82, 2.24) is 14.8 Å². The zero-order valence-electron chi connectivity index (χ0n) is 19.4. The van der Waals surface area contributed by atoms with Crippen LogP contribution in [0.3, 0.4) is 0 Å². The second kappa shape index (κ2) is 11.6. The monoisotopic (exact) mass is 435 g/mol. The van der Waals surface area contributed by atoms with Crippen LogP contribution in [0.1, 0.15) is 43.9 Å². The number of likely N-dealkylation sites (tertiary alicyclic amines) is 1. The van der Waals surface area contributed by atoms with E-state index >= 15 is 0 Å². The third-order valence-electron chi connectivity index (χ3n) is 7.17. The summed E-state index contributed by atoms with van der Waals surface area (Å²) in [7, 11) is 0. The number of amides is 1. The SMILES string of the molecule is CCN(C(=O)C1CCOCC1)C(Cc1ccccc1)C1CCN(Cc2ccccn2)CC1. The number of nitrogens with zero attached hydrogens (tertiary/aromatic N) is 3. The number of carbonyl (C=O) groups is 1. The minimum absolute atomic E-state index is 0.117. The molecule has 5 nitrogen and oxygen atoms in total. The second-order valence-corrected chi connectivity index (χ2v) is 9.20. The summed E-state index contributed by atoms with van der Waals surface area (Å²) in [5.74, 6) is 0.984. The summed E-state index contributed by atoms with van der Waals surface area (Å²) in [6.45, 7) is 7.39. The highest BCUT2D eigenvalue weighted by Gasteiger charge is 2.35. The van der Waals surface area contributed by atoms with Crippen molar-refractivity contribution in [3.63, 3.8) is 0 Å². The summed E-state index contributed by atoms with van der Waals surface area (Å²) in [6, 6.07) is 17.1. The quantitative estimate of drug-likeness (QED) is 0.624. The Morgan fingerprint density at radius 3 is 2.44 bits per heavy atom. The molecule has 0 aliphatic carbocycles. The number of carbonyl (C=O) groups excluding carboxylic acids is 1. The highest BCUT2D eigenvalue weighted by Crippen LogP contribution is 2.30. The van der Waals surface area contributed by atoms with E-state index in [-0.39, 0.29) is 12.0 Å². The average molecular weight is 436 g/mol. The first-order valence-electron chi connectivity index (χ1n) is 12.3. The number of rotatable bonds is 8. The first-order valence-corrected chi connectivity index (χ1v) is 12.3. The molecule has 0 radical (unpaired) electrons. The zero-order chi connectivity index (χ0) is 22.2. The lowest BCUT2D eigenvalue weighted by Crippen LogP contribution is -2.51. The molecule has 0 spiro atoms. The van der Waals surface area contributed by atoms with Crippen LogP contribution in [0.5, 0.6) is 0 Å². The Bertz CT molecular complexity index is 815. The van der Waals surface area contributed by atoms with Crippen LogP contribution in [0.4, 0.5) is 0 Å². The van der Waals surface area contributed by atoms with Gasteiger partial charge in [-0.05, 0) is 75.7 Å². The van der Waals surface area contributed by atoms with Gasteiger partial charge in [0.05, 0.1) is 5.69 Å². The van der Waals surface area contributed by atoms with Crippen LogP contribution in [0.25, 0.3) is 0 Å². The highest BCUT2D eigenvalue weighted by atomic mass is 16.5. The minimum Gasteiger partial charge on any atom is -0.381 e. The topological polar surface area (TPSA) is 45.7 Å². The van der Waals surface area contributed by atoms with E-state index in [1.165, 1.54) is 5.56 Å². The van der Waals surface area contributed by atoms with Gasteiger partial charge in [0.1, 0.15) is 0 Å². The Hall–Kier alpha value is -2.24. The van der Waals surface area contributed by atoms with E-state index in [0.717, 1.165) is 64.0 Å². The molecule has 2 fully saturated rings. The summed E-state index contributed by atoms with van der Waals surface area (Å²) in [5, 5.41) is 0. The summed E-state index contributed by atoms with van der Waals surface area (Å²) >= 11 is 0. The maximum absolute atomic E-state index is 13.6. The second-order valence-electron chi connectivity index (χ2n) is 9.20. The van der Waals surface area contributed by atoms with E-state index in [1.807, 2.05) is 12.3 Å². The molecule has 3 heterocycles. The maximum Gasteiger partial charge on any atom is 0.226 e. The van der Waals surface area contributed by atoms with Crippen molar-refractivity contribution in [2.24, 2.45) is 11.8 Å². The van der Waals surface area contributed by atoms with Gasteiger partial charge in [0.2, 0.25) is 5.91 Å². The zero-order valence-corrected chi connectivity index (χ0v) is 19.4. The summed E-state index contributed by atoms with van der Waals surface area (Å²) in [6.07, 6.45) is 6.78. The van der Waals surface area contributed by atoms with Crippen molar-refractivity contribution in [1.29, 1.82) is 0 Å². The van der Waals surface area contributed by atoms with Gasteiger partial charge in [-0.2, -0.15) is 0 Å². The molecule has 1 atom stereocenters. The molecule has 0 N–H and O–H groups in total. The third-order valence-corrected chi connectivity index (χ3v) is 7.17. The molecule has 4 rings (SSSR count). The molecular weight excluding hydrogens is 398 g/mol. The standard InChI is InChI=1S/C27H37N3O2/c1-2-30(27(31)24-13-18-32-19-14-24)26(20-22-8-4-3-5-9-22)23-11-16-29(17-12-23)21-25-10-6-7-15-28-25/h3-10,15,23-24,26H,2,11-14,16-21H2,1H3. The number of pyridine rings is 1. The van der Waals surface area contributed by atoms with Crippen LogP contribution in [-0.4, -0.2) is 59.6 Å². The fourth-order valence-electron chi connectivity index (χ4n) is 5.34. The molecular formula is C27H37N3O2. The Morgan fingerprint density at radius 1 is 1.06 bits per heavy atom. The number of benzene rings is 1. The number of likely N-dealkylation sites (N-methyl/N-ethyl adjacent to an activating group) is 1. The Morgan fingerprint density at radius 2 is 1.78 bits per heavy atom. The van der Waals surface area contributed by atoms with Crippen molar-refractivity contribution in [3.8, 4) is 0 Å². The predicted octanol–water partition coefficient (Wildman–Crippen LogP) is 4.18. The van der Waals surface area contributed by atoms with Gasteiger partial charge in [0.15, 0.2) is 0 Å². The molecule has 0 bridgehead atoms. The van der Waals surface area contributed by atoms with E-state index in [9.17, 15) is 4.79 Å². The van der Waals surface area contributed by atoms with Crippen molar-refractivity contribution in [2.75, 3.05) is 32.8 Å². The molecule has 1 unspecified atom stereocenters. The van der Waals surface area contributed by atoms with Gasteiger partial charge in [0.25, 0.3) is 0 Å². The Balaban J connectivity index is 1.45.